The van der Waals surface area contributed by atoms with Crippen molar-refractivity contribution in [3.05, 3.63) is 39.7 Å². The first kappa shape index (κ1) is 15.7. The molecule has 0 spiro atoms. The first-order chi connectivity index (χ1) is 10.3. The highest BCUT2D eigenvalue weighted by atomic mass is 19.4. The normalized spacial score (nSPS) is 11.3. The summed E-state index contributed by atoms with van der Waals surface area (Å²) in [4.78, 5) is 24.9. The number of anilines is 1. The second-order valence-corrected chi connectivity index (χ2v) is 4.30. The molecule has 0 aliphatic carbocycles. The zero-order valence-corrected chi connectivity index (χ0v) is 11.7. The Bertz CT molecular complexity index is 729. The van der Waals surface area contributed by atoms with Crippen LogP contribution in [0.2, 0.25) is 0 Å². The van der Waals surface area contributed by atoms with E-state index < -0.39 is 11.9 Å². The van der Waals surface area contributed by atoms with Crippen molar-refractivity contribution in [2.45, 2.75) is 19.6 Å². The van der Waals surface area contributed by atoms with Gasteiger partial charge in [0.2, 0.25) is 11.8 Å². The first-order valence-corrected chi connectivity index (χ1v) is 6.09. The van der Waals surface area contributed by atoms with Crippen LogP contribution in [0.5, 0.6) is 5.88 Å². The molecule has 0 radical (unpaired) electrons. The minimum absolute atomic E-state index is 0.0403. The van der Waals surface area contributed by atoms with Gasteiger partial charge in [0.1, 0.15) is 5.82 Å². The molecule has 0 saturated carbocycles. The molecule has 2 N–H and O–H groups in total. The third-order valence-electron chi connectivity index (χ3n) is 2.53. The molecule has 22 heavy (non-hydrogen) atoms. The van der Waals surface area contributed by atoms with Crippen molar-refractivity contribution in [2.24, 2.45) is 0 Å². The quantitative estimate of drug-likeness (QED) is 0.888. The minimum atomic E-state index is -4.62. The van der Waals surface area contributed by atoms with Gasteiger partial charge in [-0.1, -0.05) is 0 Å². The maximum Gasteiger partial charge on any atom is 0.433 e. The van der Waals surface area contributed by atoms with Crippen LogP contribution >= 0.6 is 0 Å². The van der Waals surface area contributed by atoms with Crippen molar-refractivity contribution in [2.75, 3.05) is 12.4 Å². The smallest absolute Gasteiger partial charge is 0.433 e. The molecule has 0 saturated heterocycles. The molecule has 0 aliphatic heterocycles. The molecule has 0 fully saturated rings. The van der Waals surface area contributed by atoms with Crippen LogP contribution in [0.25, 0.3) is 0 Å². The average Bonchev–Trinajstić information content (AvgIpc) is 2.43. The van der Waals surface area contributed by atoms with E-state index in [1.807, 2.05) is 0 Å². The Morgan fingerprint density at radius 1 is 1.27 bits per heavy atom. The second-order valence-electron chi connectivity index (χ2n) is 4.30. The summed E-state index contributed by atoms with van der Waals surface area (Å²) >= 11 is 0. The highest BCUT2D eigenvalue weighted by molar-refractivity contribution is 5.32. The molecule has 10 heteroatoms. The molecule has 7 nitrogen and oxygen atoms in total. The highest BCUT2D eigenvalue weighted by Crippen LogP contribution is 2.30. The van der Waals surface area contributed by atoms with Gasteiger partial charge in [0.25, 0.3) is 5.56 Å². The number of rotatable bonds is 4. The van der Waals surface area contributed by atoms with E-state index in [1.54, 1.807) is 6.92 Å². The summed E-state index contributed by atoms with van der Waals surface area (Å²) in [5.41, 5.74) is -0.998. The third-order valence-corrected chi connectivity index (χ3v) is 2.53. The van der Waals surface area contributed by atoms with Crippen LogP contribution in [0.15, 0.2) is 16.9 Å². The maximum atomic E-state index is 12.7. The number of halogens is 3. The van der Waals surface area contributed by atoms with E-state index in [0.717, 1.165) is 0 Å². The van der Waals surface area contributed by atoms with E-state index >= 15 is 0 Å². The van der Waals surface area contributed by atoms with Gasteiger partial charge < -0.3 is 15.0 Å². The van der Waals surface area contributed by atoms with Crippen LogP contribution in [0, 0.1) is 6.92 Å². The molecular formula is C12H12F3N5O2. The lowest BCUT2D eigenvalue weighted by atomic mass is 10.4. The standard InChI is InChI=1S/C12H12F3N5O2/c1-6-3-9(21)19-8(17-6)5-16-11-18-7(12(13,14)15)4-10(20-11)22-2/h3-4H,5H2,1-2H3,(H,16,18,20)(H,17,19,21). The van der Waals surface area contributed by atoms with Crippen molar-refractivity contribution in [1.82, 2.24) is 19.9 Å². The van der Waals surface area contributed by atoms with Crippen LogP contribution in [0.1, 0.15) is 17.2 Å². The molecular weight excluding hydrogens is 303 g/mol. The van der Waals surface area contributed by atoms with E-state index in [1.165, 1.54) is 13.2 Å². The molecule has 2 aromatic rings. The van der Waals surface area contributed by atoms with Crippen LogP contribution in [0.4, 0.5) is 19.1 Å². The predicted molar refractivity (Wildman–Crippen MR) is 70.5 cm³/mol. The van der Waals surface area contributed by atoms with Gasteiger partial charge >= 0.3 is 6.18 Å². The Hall–Kier alpha value is -2.65. The van der Waals surface area contributed by atoms with Gasteiger partial charge in [0.15, 0.2) is 5.69 Å². The largest absolute Gasteiger partial charge is 0.481 e. The highest BCUT2D eigenvalue weighted by Gasteiger charge is 2.34. The van der Waals surface area contributed by atoms with Gasteiger partial charge in [0.05, 0.1) is 13.7 Å². The molecule has 0 amide bonds. The molecule has 0 aliphatic rings. The fourth-order valence-corrected chi connectivity index (χ4v) is 1.64. The Morgan fingerprint density at radius 2 is 2.00 bits per heavy atom. The number of hydrogen-bond acceptors (Lipinski definition) is 6. The Morgan fingerprint density at radius 3 is 2.59 bits per heavy atom. The fraction of sp³-hybridized carbons (Fsp3) is 0.333. The number of aromatic amines is 1. The second kappa shape index (κ2) is 6.00. The van der Waals surface area contributed by atoms with Gasteiger partial charge in [-0.15, -0.1) is 0 Å². The third kappa shape index (κ3) is 3.93. The Labute approximate surface area is 122 Å². The van der Waals surface area contributed by atoms with Crippen molar-refractivity contribution in [1.29, 1.82) is 0 Å². The zero-order valence-electron chi connectivity index (χ0n) is 11.7. The summed E-state index contributed by atoms with van der Waals surface area (Å²) in [7, 11) is 1.20. The van der Waals surface area contributed by atoms with Crippen molar-refractivity contribution >= 4 is 5.95 Å². The van der Waals surface area contributed by atoms with E-state index in [4.69, 9.17) is 4.74 Å². The van der Waals surface area contributed by atoms with Gasteiger partial charge in [0, 0.05) is 17.8 Å². The lowest BCUT2D eigenvalue weighted by Crippen LogP contribution is -2.16. The number of hydrogen-bond donors (Lipinski definition) is 2. The van der Waals surface area contributed by atoms with Crippen molar-refractivity contribution in [3.63, 3.8) is 0 Å². The van der Waals surface area contributed by atoms with Crippen LogP contribution in [-0.4, -0.2) is 27.0 Å². The van der Waals surface area contributed by atoms with Crippen molar-refractivity contribution in [3.8, 4) is 5.88 Å². The monoisotopic (exact) mass is 315 g/mol. The summed E-state index contributed by atoms with van der Waals surface area (Å²) in [5, 5.41) is 2.57. The number of aromatic nitrogens is 4. The van der Waals surface area contributed by atoms with Gasteiger partial charge in [-0.05, 0) is 6.92 Å². The number of methoxy groups -OCH3 is 1. The van der Waals surface area contributed by atoms with Gasteiger partial charge in [-0.2, -0.15) is 18.2 Å². The molecule has 118 valence electrons. The molecule has 0 unspecified atom stereocenters. The summed E-state index contributed by atoms with van der Waals surface area (Å²) in [6.07, 6.45) is -4.62. The topological polar surface area (TPSA) is 92.8 Å². The average molecular weight is 315 g/mol. The Balaban J connectivity index is 2.23. The predicted octanol–water partition coefficient (Wildman–Crippen LogP) is 1.51. The number of aryl methyl sites for hydroxylation is 1. The van der Waals surface area contributed by atoms with Crippen LogP contribution < -0.4 is 15.6 Å². The summed E-state index contributed by atoms with van der Waals surface area (Å²) in [6, 6.07) is 1.99. The number of H-pyrrole nitrogens is 1. The zero-order chi connectivity index (χ0) is 16.3. The molecule has 2 aromatic heterocycles. The minimum Gasteiger partial charge on any atom is -0.481 e. The van der Waals surface area contributed by atoms with Gasteiger partial charge in [-0.3, -0.25) is 4.79 Å². The van der Waals surface area contributed by atoms with E-state index in [9.17, 15) is 18.0 Å². The maximum absolute atomic E-state index is 12.7. The summed E-state index contributed by atoms with van der Waals surface area (Å²) in [6.45, 7) is 1.59. The molecule has 2 heterocycles. The Kier molecular flexibility index (Phi) is 4.29. The number of ether oxygens (including phenoxy) is 1. The van der Waals surface area contributed by atoms with E-state index in [0.29, 0.717) is 11.8 Å². The molecule has 0 aromatic carbocycles. The molecule has 0 atom stereocenters. The van der Waals surface area contributed by atoms with E-state index in [2.05, 4.69) is 25.3 Å². The lowest BCUT2D eigenvalue weighted by molar-refractivity contribution is -0.141. The van der Waals surface area contributed by atoms with E-state index in [-0.39, 0.29) is 29.8 Å². The first-order valence-electron chi connectivity index (χ1n) is 6.09. The molecule has 2 rings (SSSR count). The van der Waals surface area contributed by atoms with Crippen LogP contribution in [-0.2, 0) is 12.7 Å². The van der Waals surface area contributed by atoms with Crippen LogP contribution in [0.3, 0.4) is 0 Å². The SMILES string of the molecule is COc1cc(C(F)(F)F)nc(NCc2nc(C)cc(=O)[nH]2)n1. The summed E-state index contributed by atoms with van der Waals surface area (Å²) < 4.78 is 42.9. The number of nitrogens with one attached hydrogen (secondary N) is 2. The fourth-order valence-electron chi connectivity index (χ4n) is 1.64. The summed E-state index contributed by atoms with van der Waals surface area (Å²) in [5.74, 6) is -0.253. The van der Waals surface area contributed by atoms with Gasteiger partial charge in [-0.25, -0.2) is 9.97 Å². The van der Waals surface area contributed by atoms with Crippen molar-refractivity contribution < 1.29 is 17.9 Å². The number of alkyl halides is 3. The lowest BCUT2D eigenvalue weighted by Gasteiger charge is -2.10. The molecule has 0 bridgehead atoms. The number of nitrogens with zero attached hydrogens (tertiary/aromatic N) is 3.